The van der Waals surface area contributed by atoms with Crippen LogP contribution in [0.15, 0.2) is 0 Å². The Morgan fingerprint density at radius 1 is 1.03 bits per heavy atom. The molecule has 0 aromatic rings. The number of likely N-dealkylation sites (tertiary alicyclic amines) is 1. The van der Waals surface area contributed by atoms with Gasteiger partial charge < -0.3 is 21.3 Å². The molecule has 1 heterocycles. The molecule has 202 valence electrons. The number of nitrogens with zero attached hydrogens (tertiary/aromatic N) is 1. The minimum absolute atomic E-state index is 0.0826. The van der Waals surface area contributed by atoms with Gasteiger partial charge in [-0.3, -0.25) is 24.0 Å². The van der Waals surface area contributed by atoms with E-state index in [-0.39, 0.29) is 35.0 Å². The van der Waals surface area contributed by atoms with E-state index in [0.717, 1.165) is 19.3 Å². The number of hydrogen-bond donors (Lipinski definition) is 3. The molecule has 0 radical (unpaired) electrons. The maximum atomic E-state index is 13.9. The van der Waals surface area contributed by atoms with Crippen molar-refractivity contribution in [1.82, 2.24) is 15.5 Å². The summed E-state index contributed by atoms with van der Waals surface area (Å²) in [7, 11) is 0. The van der Waals surface area contributed by atoms with Gasteiger partial charge in [-0.1, -0.05) is 53.9 Å². The molecule has 0 spiro atoms. The average molecular weight is 505 g/mol. The normalized spacial score (nSPS) is 26.8. The Labute approximate surface area is 214 Å². The summed E-state index contributed by atoms with van der Waals surface area (Å²) in [5, 5.41) is 5.70. The highest BCUT2D eigenvalue weighted by atomic mass is 16.2. The third kappa shape index (κ3) is 5.59. The highest BCUT2D eigenvalue weighted by molar-refractivity contribution is 6.37. The molecule has 36 heavy (non-hydrogen) atoms. The van der Waals surface area contributed by atoms with Crippen LogP contribution in [0.4, 0.5) is 0 Å². The zero-order valence-corrected chi connectivity index (χ0v) is 23.1. The molecule has 2 saturated carbocycles. The number of amides is 4. The molecule has 5 atom stereocenters. The highest BCUT2D eigenvalue weighted by Crippen LogP contribution is 2.65. The lowest BCUT2D eigenvalue weighted by atomic mass is 9.78. The Balaban J connectivity index is 1.87. The van der Waals surface area contributed by atoms with Crippen molar-refractivity contribution in [2.24, 2.45) is 40.2 Å². The van der Waals surface area contributed by atoms with Gasteiger partial charge in [0.05, 0.1) is 6.04 Å². The number of rotatable bonds is 8. The van der Waals surface area contributed by atoms with Crippen LogP contribution in [0.2, 0.25) is 0 Å². The molecule has 4 amide bonds. The first-order valence-corrected chi connectivity index (χ1v) is 13.1. The Morgan fingerprint density at radius 3 is 2.06 bits per heavy atom. The van der Waals surface area contributed by atoms with Crippen molar-refractivity contribution >= 4 is 29.4 Å². The van der Waals surface area contributed by atoms with E-state index in [9.17, 15) is 24.0 Å². The largest absolute Gasteiger partial charge is 0.363 e. The molecule has 0 bridgehead atoms. The summed E-state index contributed by atoms with van der Waals surface area (Å²) >= 11 is 0. The number of fused-ring (bicyclic) bond motifs is 1. The van der Waals surface area contributed by atoms with Crippen molar-refractivity contribution in [3.63, 3.8) is 0 Å². The van der Waals surface area contributed by atoms with Crippen LogP contribution < -0.4 is 16.4 Å². The second kappa shape index (κ2) is 9.45. The average Bonchev–Trinajstić information content (AvgIpc) is 3.02. The smallest absolute Gasteiger partial charge is 0.287 e. The van der Waals surface area contributed by atoms with E-state index in [0.29, 0.717) is 13.0 Å². The quantitative estimate of drug-likeness (QED) is 0.342. The molecule has 2 aliphatic carbocycles. The van der Waals surface area contributed by atoms with Crippen LogP contribution in [0, 0.1) is 34.5 Å². The Bertz CT molecular complexity index is 941. The predicted octanol–water partition coefficient (Wildman–Crippen LogP) is 1.78. The molecule has 1 saturated heterocycles. The summed E-state index contributed by atoms with van der Waals surface area (Å²) in [5.74, 6) is -3.77. The maximum Gasteiger partial charge on any atom is 0.287 e. The predicted molar refractivity (Wildman–Crippen MR) is 135 cm³/mol. The van der Waals surface area contributed by atoms with Gasteiger partial charge in [-0.05, 0) is 55.8 Å². The van der Waals surface area contributed by atoms with E-state index in [2.05, 4.69) is 24.5 Å². The van der Waals surface area contributed by atoms with E-state index in [1.54, 1.807) is 0 Å². The molecule has 3 fully saturated rings. The van der Waals surface area contributed by atoms with Crippen LogP contribution in [0.1, 0.15) is 81.1 Å². The molecule has 3 aliphatic rings. The van der Waals surface area contributed by atoms with Crippen molar-refractivity contribution in [3.8, 4) is 0 Å². The van der Waals surface area contributed by atoms with Gasteiger partial charge in [0.25, 0.3) is 5.91 Å². The lowest BCUT2D eigenvalue weighted by Gasteiger charge is -2.38. The monoisotopic (exact) mass is 504 g/mol. The molecule has 0 aromatic heterocycles. The fraction of sp³-hybridized carbons (Fsp3) is 0.815. The molecule has 9 nitrogen and oxygen atoms in total. The van der Waals surface area contributed by atoms with Crippen LogP contribution >= 0.6 is 0 Å². The van der Waals surface area contributed by atoms with E-state index in [1.807, 2.05) is 41.5 Å². The van der Waals surface area contributed by atoms with Gasteiger partial charge in [0, 0.05) is 12.1 Å². The van der Waals surface area contributed by atoms with Gasteiger partial charge in [-0.25, -0.2) is 0 Å². The van der Waals surface area contributed by atoms with Crippen molar-refractivity contribution in [3.05, 3.63) is 0 Å². The van der Waals surface area contributed by atoms with Crippen molar-refractivity contribution in [2.45, 2.75) is 98.7 Å². The number of nitrogens with two attached hydrogens (primary N) is 1. The van der Waals surface area contributed by atoms with Gasteiger partial charge in [0.15, 0.2) is 0 Å². The summed E-state index contributed by atoms with van der Waals surface area (Å²) in [6, 6.07) is -1.81. The number of nitrogens with one attached hydrogen (secondary N) is 2. The van der Waals surface area contributed by atoms with Crippen molar-refractivity contribution in [2.75, 3.05) is 6.54 Å². The molecule has 0 aromatic carbocycles. The fourth-order valence-corrected chi connectivity index (χ4v) is 6.02. The van der Waals surface area contributed by atoms with Crippen LogP contribution in [-0.2, 0) is 24.0 Å². The number of piperidine rings is 1. The van der Waals surface area contributed by atoms with Gasteiger partial charge in [-0.2, -0.15) is 0 Å². The minimum atomic E-state index is -1.07. The highest BCUT2D eigenvalue weighted by Gasteiger charge is 2.70. The molecular weight excluding hydrogens is 460 g/mol. The van der Waals surface area contributed by atoms with Crippen LogP contribution in [0.3, 0.4) is 0 Å². The zero-order valence-electron chi connectivity index (χ0n) is 23.1. The number of carbonyl (C=O) groups excluding carboxylic acids is 5. The molecule has 1 unspecified atom stereocenters. The SMILES string of the molecule is CC(C)(C)NC(=O)[C@@H](C(=O)N1C[C@H]2[C@@H]([C@H]1C(=O)NC(CC1CCC1)C(=O)C(N)=O)C2(C)C)C(C)(C)C. The number of ketones is 1. The lowest BCUT2D eigenvalue weighted by molar-refractivity contribution is -0.152. The van der Waals surface area contributed by atoms with Gasteiger partial charge >= 0.3 is 0 Å². The Hall–Kier alpha value is -2.45. The summed E-state index contributed by atoms with van der Waals surface area (Å²) in [5.41, 5.74) is 3.95. The third-order valence-electron chi connectivity index (χ3n) is 8.30. The molecule has 3 rings (SSSR count). The molecular formula is C27H44N4O5. The number of primary amides is 1. The zero-order chi connectivity index (χ0) is 27.4. The summed E-state index contributed by atoms with van der Waals surface area (Å²) in [4.78, 5) is 66.6. The van der Waals surface area contributed by atoms with Gasteiger partial charge in [-0.15, -0.1) is 0 Å². The van der Waals surface area contributed by atoms with E-state index < -0.39 is 46.6 Å². The van der Waals surface area contributed by atoms with Crippen LogP contribution in [-0.4, -0.2) is 58.5 Å². The summed E-state index contributed by atoms with van der Waals surface area (Å²) in [6.07, 6.45) is 3.31. The second-order valence-corrected chi connectivity index (χ2v) is 13.7. The molecule has 9 heteroatoms. The maximum absolute atomic E-state index is 13.9. The first-order valence-electron chi connectivity index (χ1n) is 13.1. The summed E-state index contributed by atoms with van der Waals surface area (Å²) < 4.78 is 0. The number of hydrogen-bond acceptors (Lipinski definition) is 5. The lowest BCUT2D eigenvalue weighted by Crippen LogP contribution is -2.59. The first-order chi connectivity index (χ1) is 16.4. The third-order valence-corrected chi connectivity index (χ3v) is 8.30. The van der Waals surface area contributed by atoms with E-state index in [4.69, 9.17) is 5.73 Å². The van der Waals surface area contributed by atoms with Crippen LogP contribution in [0.25, 0.3) is 0 Å². The minimum Gasteiger partial charge on any atom is -0.363 e. The van der Waals surface area contributed by atoms with E-state index in [1.165, 1.54) is 4.90 Å². The van der Waals surface area contributed by atoms with Crippen LogP contribution in [0.5, 0.6) is 0 Å². The number of Topliss-reactive ketones (excluding diaryl/α,β-unsaturated/α-hetero) is 1. The number of carbonyl (C=O) groups is 5. The molecule has 4 N–H and O–H groups in total. The van der Waals surface area contributed by atoms with Crippen molar-refractivity contribution < 1.29 is 24.0 Å². The molecule has 1 aliphatic heterocycles. The standard InChI is InChI=1S/C27H44N4O5/c1-25(2,3)18(22(34)30-26(4,5)6)24(36)31-13-15-17(27(15,7)8)19(31)23(35)29-16(20(32)21(28)33)12-14-10-9-11-14/h14-19H,9-13H2,1-8H3,(H2,28,33)(H,29,35)(H,30,34)/t15-,16?,17-,18-,19-/m0/s1. The van der Waals surface area contributed by atoms with Crippen molar-refractivity contribution in [1.29, 1.82) is 0 Å². The van der Waals surface area contributed by atoms with E-state index >= 15 is 0 Å². The Kier molecular flexibility index (Phi) is 7.38. The Morgan fingerprint density at radius 2 is 1.61 bits per heavy atom. The first kappa shape index (κ1) is 28.1. The fourth-order valence-electron chi connectivity index (χ4n) is 6.02. The summed E-state index contributed by atoms with van der Waals surface area (Å²) in [6.45, 7) is 15.6. The van der Waals surface area contributed by atoms with Gasteiger partial charge in [0.2, 0.25) is 23.5 Å². The topological polar surface area (TPSA) is 139 Å². The van der Waals surface area contributed by atoms with Gasteiger partial charge in [0.1, 0.15) is 12.0 Å². The second-order valence-electron chi connectivity index (χ2n) is 13.7.